The molecule has 1 saturated heterocycles. The Morgan fingerprint density at radius 2 is 2.00 bits per heavy atom. The van der Waals surface area contributed by atoms with Gasteiger partial charge in [0.15, 0.2) is 11.7 Å². The van der Waals surface area contributed by atoms with E-state index >= 15 is 0 Å². The first-order valence-electron chi connectivity index (χ1n) is 9.11. The first-order valence-corrected chi connectivity index (χ1v) is 9.11. The number of halogens is 2. The Labute approximate surface area is 158 Å². The second-order valence-electron chi connectivity index (χ2n) is 6.51. The molecule has 2 N–H and O–H groups in total. The molecule has 0 aromatic heterocycles. The van der Waals surface area contributed by atoms with E-state index in [0.29, 0.717) is 18.7 Å². The molecule has 0 aromatic rings. The molecule has 146 valence electrons. The van der Waals surface area contributed by atoms with Gasteiger partial charge in [0.2, 0.25) is 0 Å². The number of nitrogens with one attached hydrogen (secondary N) is 2. The number of hydrogen-bond acceptors (Lipinski definition) is 4. The van der Waals surface area contributed by atoms with Gasteiger partial charge in [-0.05, 0) is 57.0 Å². The van der Waals surface area contributed by atoms with E-state index in [2.05, 4.69) is 15.6 Å². The summed E-state index contributed by atoms with van der Waals surface area (Å²) in [7, 11) is 0. The standard InChI is InChI=1S/C14H17F2NO.C6H8N2O/c15-12-4-2-1-3-11(14(12)16)9-13(18)10-5-7-17-8-6-10;1-5-6(9)8-4-2-3-7-5/h1,3-4,10,17H,2,5-9H2;2-3H,4H2,1H3,(H,8,9). The Hall–Kier alpha value is -2.41. The van der Waals surface area contributed by atoms with Gasteiger partial charge in [-0.3, -0.25) is 14.6 Å². The zero-order valence-electron chi connectivity index (χ0n) is 15.4. The van der Waals surface area contributed by atoms with Crippen molar-refractivity contribution in [2.45, 2.75) is 32.6 Å². The lowest BCUT2D eigenvalue weighted by Gasteiger charge is -2.21. The number of piperidine rings is 1. The van der Waals surface area contributed by atoms with Crippen molar-refractivity contribution >= 4 is 17.4 Å². The molecule has 0 unspecified atom stereocenters. The summed E-state index contributed by atoms with van der Waals surface area (Å²) >= 11 is 0. The highest BCUT2D eigenvalue weighted by Gasteiger charge is 2.23. The fourth-order valence-electron chi connectivity index (χ4n) is 2.87. The first kappa shape index (κ1) is 20.9. The maximum atomic E-state index is 13.6. The third kappa shape index (κ3) is 6.67. The summed E-state index contributed by atoms with van der Waals surface area (Å²) in [5, 5.41) is 5.82. The van der Waals surface area contributed by atoms with Gasteiger partial charge >= 0.3 is 0 Å². The minimum absolute atomic E-state index is 0.00569. The average molecular weight is 377 g/mol. The van der Waals surface area contributed by atoms with Crippen LogP contribution in [-0.2, 0) is 9.59 Å². The van der Waals surface area contributed by atoms with Gasteiger partial charge in [0.25, 0.3) is 5.91 Å². The van der Waals surface area contributed by atoms with E-state index in [1.54, 1.807) is 25.3 Å². The number of ketones is 1. The van der Waals surface area contributed by atoms with Crippen molar-refractivity contribution in [1.29, 1.82) is 0 Å². The lowest BCUT2D eigenvalue weighted by molar-refractivity contribution is -0.122. The van der Waals surface area contributed by atoms with Crippen LogP contribution in [0, 0.1) is 5.92 Å². The van der Waals surface area contributed by atoms with Crippen LogP contribution in [0.4, 0.5) is 8.78 Å². The lowest BCUT2D eigenvalue weighted by atomic mass is 9.89. The maximum absolute atomic E-state index is 13.6. The molecule has 0 bridgehead atoms. The minimum Gasteiger partial charge on any atom is -0.347 e. The van der Waals surface area contributed by atoms with Gasteiger partial charge in [0, 0.05) is 25.1 Å². The Kier molecular flexibility index (Phi) is 8.26. The molecule has 2 heterocycles. The molecular weight excluding hydrogens is 352 g/mol. The molecular formula is C20H25F2N3O2. The van der Waals surface area contributed by atoms with Gasteiger partial charge in [-0.2, -0.15) is 0 Å². The van der Waals surface area contributed by atoms with Gasteiger partial charge in [0.1, 0.15) is 11.5 Å². The van der Waals surface area contributed by atoms with Crippen LogP contribution < -0.4 is 10.6 Å². The summed E-state index contributed by atoms with van der Waals surface area (Å²) in [4.78, 5) is 26.6. The first-order chi connectivity index (χ1) is 13.0. The van der Waals surface area contributed by atoms with Crippen LogP contribution in [0.2, 0.25) is 0 Å². The van der Waals surface area contributed by atoms with Crippen molar-refractivity contribution in [1.82, 2.24) is 10.6 Å². The van der Waals surface area contributed by atoms with Crippen molar-refractivity contribution in [3.63, 3.8) is 0 Å². The number of carbonyl (C=O) groups excluding carboxylic acids is 2. The summed E-state index contributed by atoms with van der Waals surface area (Å²) in [5.41, 5.74) is 0.688. The molecule has 27 heavy (non-hydrogen) atoms. The van der Waals surface area contributed by atoms with Crippen LogP contribution in [0.15, 0.2) is 52.7 Å². The van der Waals surface area contributed by atoms with E-state index < -0.39 is 11.7 Å². The molecule has 7 heteroatoms. The SMILES string of the molecule is CC1=NC=CCNC1=O.O=C(CC1=C(F)C(F)=CCC=C1)C1CCNCC1. The van der Waals surface area contributed by atoms with E-state index in [4.69, 9.17) is 0 Å². The number of amides is 1. The third-order valence-corrected chi connectivity index (χ3v) is 4.49. The van der Waals surface area contributed by atoms with E-state index in [-0.39, 0.29) is 29.6 Å². The number of rotatable bonds is 3. The molecule has 0 saturated carbocycles. The molecule has 0 aromatic carbocycles. The predicted molar refractivity (Wildman–Crippen MR) is 102 cm³/mol. The second kappa shape index (κ2) is 10.7. The Morgan fingerprint density at radius 3 is 2.74 bits per heavy atom. The molecule has 0 spiro atoms. The largest absolute Gasteiger partial charge is 0.347 e. The Bertz CT molecular complexity index is 715. The van der Waals surface area contributed by atoms with Gasteiger partial charge in [-0.1, -0.05) is 12.2 Å². The number of Topliss-reactive ketones (excluding diaryl/α,β-unsaturated/α-hetero) is 1. The highest BCUT2D eigenvalue weighted by atomic mass is 19.2. The average Bonchev–Trinajstić information content (AvgIpc) is 2.96. The number of allylic oxidation sites excluding steroid dienone is 6. The molecule has 3 aliphatic rings. The van der Waals surface area contributed by atoms with Crippen LogP contribution in [0.3, 0.4) is 0 Å². The molecule has 0 atom stereocenters. The van der Waals surface area contributed by atoms with Crippen molar-refractivity contribution in [2.75, 3.05) is 19.6 Å². The summed E-state index contributed by atoms with van der Waals surface area (Å²) in [6, 6.07) is 0. The van der Waals surface area contributed by atoms with E-state index in [9.17, 15) is 18.4 Å². The number of carbonyl (C=O) groups is 2. The molecule has 1 amide bonds. The highest BCUT2D eigenvalue weighted by molar-refractivity contribution is 6.38. The smallest absolute Gasteiger partial charge is 0.265 e. The van der Waals surface area contributed by atoms with Crippen LogP contribution in [0.5, 0.6) is 0 Å². The van der Waals surface area contributed by atoms with Gasteiger partial charge < -0.3 is 10.6 Å². The lowest BCUT2D eigenvalue weighted by Crippen LogP contribution is -2.31. The monoisotopic (exact) mass is 377 g/mol. The summed E-state index contributed by atoms with van der Waals surface area (Å²) < 4.78 is 26.9. The summed E-state index contributed by atoms with van der Waals surface area (Å²) in [6.45, 7) is 3.91. The van der Waals surface area contributed by atoms with Crippen molar-refractivity contribution in [3.05, 3.63) is 47.7 Å². The van der Waals surface area contributed by atoms with Crippen LogP contribution in [0.25, 0.3) is 0 Å². The fraction of sp³-hybridized carbons (Fsp3) is 0.450. The number of aliphatic imine (C=N–C) groups is 1. The Balaban J connectivity index is 0.000000244. The zero-order chi connectivity index (χ0) is 19.6. The van der Waals surface area contributed by atoms with Crippen molar-refractivity contribution in [3.8, 4) is 0 Å². The molecule has 5 nitrogen and oxygen atoms in total. The normalized spacial score (nSPS) is 20.6. The Morgan fingerprint density at radius 1 is 1.26 bits per heavy atom. The number of nitrogens with zero attached hydrogens (tertiary/aromatic N) is 1. The fourth-order valence-corrected chi connectivity index (χ4v) is 2.87. The van der Waals surface area contributed by atoms with E-state index in [1.165, 1.54) is 12.2 Å². The maximum Gasteiger partial charge on any atom is 0.265 e. The summed E-state index contributed by atoms with van der Waals surface area (Å²) in [5.74, 6) is -1.82. The minimum atomic E-state index is -0.883. The molecule has 2 aliphatic heterocycles. The third-order valence-electron chi connectivity index (χ3n) is 4.49. The van der Waals surface area contributed by atoms with Gasteiger partial charge in [-0.25, -0.2) is 8.78 Å². The van der Waals surface area contributed by atoms with Crippen molar-refractivity contribution < 1.29 is 18.4 Å². The quantitative estimate of drug-likeness (QED) is 0.794. The van der Waals surface area contributed by atoms with E-state index in [0.717, 1.165) is 25.9 Å². The van der Waals surface area contributed by atoms with Crippen LogP contribution in [0.1, 0.15) is 32.6 Å². The molecule has 0 radical (unpaired) electrons. The second-order valence-corrected chi connectivity index (χ2v) is 6.51. The molecule has 3 rings (SSSR count). The molecule has 1 fully saturated rings. The zero-order valence-corrected chi connectivity index (χ0v) is 15.4. The van der Waals surface area contributed by atoms with Crippen LogP contribution >= 0.6 is 0 Å². The van der Waals surface area contributed by atoms with Crippen molar-refractivity contribution in [2.24, 2.45) is 10.9 Å². The predicted octanol–water partition coefficient (Wildman–Crippen LogP) is 3.07. The summed E-state index contributed by atoms with van der Waals surface area (Å²) in [6.07, 6.45) is 9.76. The van der Waals surface area contributed by atoms with E-state index in [1.807, 2.05) is 0 Å². The van der Waals surface area contributed by atoms with Gasteiger partial charge in [0.05, 0.1) is 0 Å². The molecule has 1 aliphatic carbocycles. The highest BCUT2D eigenvalue weighted by Crippen LogP contribution is 2.27. The van der Waals surface area contributed by atoms with Crippen LogP contribution in [-0.4, -0.2) is 37.0 Å². The topological polar surface area (TPSA) is 70.6 Å². The van der Waals surface area contributed by atoms with Gasteiger partial charge in [-0.15, -0.1) is 0 Å². The number of hydrogen-bond donors (Lipinski definition) is 2.